The minimum Gasteiger partial charge on any atom is -0.268 e. The van der Waals surface area contributed by atoms with Crippen LogP contribution < -0.4 is 4.90 Å². The summed E-state index contributed by atoms with van der Waals surface area (Å²) in [5, 5.41) is 9.05. The van der Waals surface area contributed by atoms with E-state index in [0.29, 0.717) is 4.47 Å². The van der Waals surface area contributed by atoms with Gasteiger partial charge in [-0.15, -0.1) is 0 Å². The third kappa shape index (κ3) is 1.94. The Hall–Kier alpha value is -2.52. The van der Waals surface area contributed by atoms with E-state index in [2.05, 4.69) is 15.9 Å². The maximum Gasteiger partial charge on any atom is 0.266 e. The van der Waals surface area contributed by atoms with E-state index in [-0.39, 0.29) is 22.4 Å². The summed E-state index contributed by atoms with van der Waals surface area (Å²) >= 11 is 3.23. The van der Waals surface area contributed by atoms with Gasteiger partial charge in [-0.25, -0.2) is 9.29 Å². The van der Waals surface area contributed by atoms with Crippen molar-refractivity contribution in [2.24, 2.45) is 0 Å². The SMILES string of the molecule is N#Cc1c(F)cccc1N1C(=O)c2ccc(Br)cc2C1=O. The molecule has 0 bridgehead atoms. The number of nitrogens with zero attached hydrogens (tertiary/aromatic N) is 2. The number of nitriles is 1. The molecule has 21 heavy (non-hydrogen) atoms. The molecule has 1 aliphatic heterocycles. The van der Waals surface area contributed by atoms with Crippen LogP contribution in [-0.2, 0) is 0 Å². The molecule has 102 valence electrons. The molecule has 2 aromatic carbocycles. The summed E-state index contributed by atoms with van der Waals surface area (Å²) in [6.07, 6.45) is 0. The van der Waals surface area contributed by atoms with E-state index in [1.165, 1.54) is 24.3 Å². The molecule has 0 saturated carbocycles. The summed E-state index contributed by atoms with van der Waals surface area (Å²) in [6, 6.07) is 10.2. The van der Waals surface area contributed by atoms with E-state index < -0.39 is 17.6 Å². The molecule has 0 fully saturated rings. The van der Waals surface area contributed by atoms with Crippen molar-refractivity contribution in [2.75, 3.05) is 4.90 Å². The van der Waals surface area contributed by atoms with Crippen LogP contribution in [0.2, 0.25) is 0 Å². The number of imide groups is 1. The maximum absolute atomic E-state index is 13.7. The van der Waals surface area contributed by atoms with Gasteiger partial charge in [-0.3, -0.25) is 9.59 Å². The Morgan fingerprint density at radius 3 is 2.52 bits per heavy atom. The topological polar surface area (TPSA) is 61.2 Å². The van der Waals surface area contributed by atoms with Gasteiger partial charge in [-0.1, -0.05) is 22.0 Å². The number of hydrogen-bond acceptors (Lipinski definition) is 3. The highest BCUT2D eigenvalue weighted by molar-refractivity contribution is 9.10. The second-order valence-corrected chi connectivity index (χ2v) is 5.30. The Kier molecular flexibility index (Phi) is 3.07. The lowest BCUT2D eigenvalue weighted by Gasteiger charge is -2.15. The highest BCUT2D eigenvalue weighted by Crippen LogP contribution is 2.32. The van der Waals surface area contributed by atoms with Crippen molar-refractivity contribution in [1.29, 1.82) is 5.26 Å². The summed E-state index contributed by atoms with van der Waals surface area (Å²) in [6.45, 7) is 0. The second-order valence-electron chi connectivity index (χ2n) is 4.38. The first-order valence-electron chi connectivity index (χ1n) is 5.91. The Labute approximate surface area is 127 Å². The maximum atomic E-state index is 13.7. The number of carbonyl (C=O) groups is 2. The summed E-state index contributed by atoms with van der Waals surface area (Å²) in [4.78, 5) is 25.6. The van der Waals surface area contributed by atoms with Crippen molar-refractivity contribution in [2.45, 2.75) is 0 Å². The summed E-state index contributed by atoms with van der Waals surface area (Å²) < 4.78 is 14.3. The van der Waals surface area contributed by atoms with Crippen LogP contribution in [0.4, 0.5) is 10.1 Å². The quantitative estimate of drug-likeness (QED) is 0.746. The van der Waals surface area contributed by atoms with Crippen LogP contribution in [0.15, 0.2) is 40.9 Å². The number of halogens is 2. The molecule has 2 aromatic rings. The number of fused-ring (bicyclic) bond motifs is 1. The number of amides is 2. The molecule has 0 radical (unpaired) electrons. The first-order valence-corrected chi connectivity index (χ1v) is 6.71. The lowest BCUT2D eigenvalue weighted by atomic mass is 10.1. The van der Waals surface area contributed by atoms with Crippen LogP contribution in [0, 0.1) is 17.1 Å². The highest BCUT2D eigenvalue weighted by Gasteiger charge is 2.38. The Balaban J connectivity index is 2.20. The number of anilines is 1. The van der Waals surface area contributed by atoms with Crippen molar-refractivity contribution in [1.82, 2.24) is 0 Å². The number of carbonyl (C=O) groups excluding carboxylic acids is 2. The fourth-order valence-electron chi connectivity index (χ4n) is 2.24. The van der Waals surface area contributed by atoms with Gasteiger partial charge in [0.2, 0.25) is 0 Å². The fraction of sp³-hybridized carbons (Fsp3) is 0. The summed E-state index contributed by atoms with van der Waals surface area (Å²) in [5.41, 5.74) is 0.0878. The Bertz CT molecular complexity index is 842. The predicted molar refractivity (Wildman–Crippen MR) is 76.4 cm³/mol. The first-order chi connectivity index (χ1) is 10.0. The van der Waals surface area contributed by atoms with Crippen molar-refractivity contribution in [3.8, 4) is 6.07 Å². The molecular formula is C15H6BrFN2O2. The van der Waals surface area contributed by atoms with Gasteiger partial charge < -0.3 is 0 Å². The molecule has 4 nitrogen and oxygen atoms in total. The van der Waals surface area contributed by atoms with Crippen LogP contribution in [0.1, 0.15) is 26.3 Å². The van der Waals surface area contributed by atoms with Gasteiger partial charge in [0.1, 0.15) is 17.4 Å². The Morgan fingerprint density at radius 2 is 1.81 bits per heavy atom. The molecule has 0 atom stereocenters. The molecule has 0 aromatic heterocycles. The first kappa shape index (κ1) is 13.5. The normalized spacial score (nSPS) is 13.3. The molecule has 0 aliphatic carbocycles. The van der Waals surface area contributed by atoms with Crippen molar-refractivity contribution in [3.05, 3.63) is 63.4 Å². The van der Waals surface area contributed by atoms with Crippen LogP contribution >= 0.6 is 15.9 Å². The highest BCUT2D eigenvalue weighted by atomic mass is 79.9. The molecule has 1 aliphatic rings. The number of hydrogen-bond donors (Lipinski definition) is 0. The lowest BCUT2D eigenvalue weighted by molar-refractivity contribution is 0.0926. The number of rotatable bonds is 1. The third-order valence-electron chi connectivity index (χ3n) is 3.19. The summed E-state index contributed by atoms with van der Waals surface area (Å²) in [5.74, 6) is -1.91. The monoisotopic (exact) mass is 344 g/mol. The predicted octanol–water partition coefficient (Wildman–Crippen LogP) is 3.26. The minimum atomic E-state index is -0.771. The molecule has 0 unspecified atom stereocenters. The van der Waals surface area contributed by atoms with Gasteiger partial charge in [0.05, 0.1) is 16.8 Å². The zero-order chi connectivity index (χ0) is 15.1. The molecule has 6 heteroatoms. The zero-order valence-electron chi connectivity index (χ0n) is 10.4. The van der Waals surface area contributed by atoms with Crippen LogP contribution in [0.5, 0.6) is 0 Å². The van der Waals surface area contributed by atoms with E-state index in [9.17, 15) is 14.0 Å². The van der Waals surface area contributed by atoms with E-state index in [1.54, 1.807) is 12.1 Å². The fourth-order valence-corrected chi connectivity index (χ4v) is 2.60. The molecular weight excluding hydrogens is 339 g/mol. The zero-order valence-corrected chi connectivity index (χ0v) is 12.0. The lowest BCUT2D eigenvalue weighted by Crippen LogP contribution is -2.30. The second kappa shape index (κ2) is 4.79. The molecule has 1 heterocycles. The number of benzene rings is 2. The van der Waals surface area contributed by atoms with Gasteiger partial charge in [0.15, 0.2) is 0 Å². The molecule has 2 amide bonds. The average Bonchev–Trinajstić information content (AvgIpc) is 2.70. The largest absolute Gasteiger partial charge is 0.268 e. The third-order valence-corrected chi connectivity index (χ3v) is 3.69. The van der Waals surface area contributed by atoms with Gasteiger partial charge in [0.25, 0.3) is 11.8 Å². The van der Waals surface area contributed by atoms with E-state index in [0.717, 1.165) is 11.0 Å². The van der Waals surface area contributed by atoms with Gasteiger partial charge in [0, 0.05) is 4.47 Å². The molecule has 3 rings (SSSR count). The van der Waals surface area contributed by atoms with E-state index >= 15 is 0 Å². The standard InChI is InChI=1S/C15H6BrFN2O2/c16-8-4-5-9-10(6-8)15(21)19(14(9)20)13-3-1-2-12(17)11(13)7-18/h1-6H. The van der Waals surface area contributed by atoms with Crippen molar-refractivity contribution >= 4 is 33.4 Å². The average molecular weight is 345 g/mol. The molecule has 0 N–H and O–H groups in total. The minimum absolute atomic E-state index is 0.0418. The van der Waals surface area contributed by atoms with Crippen LogP contribution in [0.25, 0.3) is 0 Å². The van der Waals surface area contributed by atoms with Gasteiger partial charge >= 0.3 is 0 Å². The van der Waals surface area contributed by atoms with E-state index in [4.69, 9.17) is 5.26 Å². The van der Waals surface area contributed by atoms with E-state index in [1.807, 2.05) is 0 Å². The Morgan fingerprint density at radius 1 is 1.10 bits per heavy atom. The molecule has 0 spiro atoms. The van der Waals surface area contributed by atoms with Crippen LogP contribution in [-0.4, -0.2) is 11.8 Å². The van der Waals surface area contributed by atoms with Crippen molar-refractivity contribution in [3.63, 3.8) is 0 Å². The van der Waals surface area contributed by atoms with Gasteiger partial charge in [-0.05, 0) is 30.3 Å². The smallest absolute Gasteiger partial charge is 0.266 e. The summed E-state index contributed by atoms with van der Waals surface area (Å²) in [7, 11) is 0. The van der Waals surface area contributed by atoms with Gasteiger partial charge in [-0.2, -0.15) is 5.26 Å². The molecule has 0 saturated heterocycles. The van der Waals surface area contributed by atoms with Crippen molar-refractivity contribution < 1.29 is 14.0 Å². The van der Waals surface area contributed by atoms with Crippen LogP contribution in [0.3, 0.4) is 0 Å².